The number of Topliss-reactive ketones (excluding diaryl/α,β-unsaturated/α-hetero) is 1. The molecule has 3 heteroatoms. The van der Waals surface area contributed by atoms with Gasteiger partial charge in [-0.15, -0.1) is 0 Å². The van der Waals surface area contributed by atoms with Crippen LogP contribution in [0.2, 0.25) is 0 Å². The summed E-state index contributed by atoms with van der Waals surface area (Å²) in [5, 5.41) is 0. The van der Waals surface area contributed by atoms with Gasteiger partial charge < -0.3 is 4.74 Å². The maximum atomic E-state index is 13.2. The number of aryl methyl sites for hydroxylation is 3. The van der Waals surface area contributed by atoms with Crippen LogP contribution in [0, 0.1) is 32.6 Å². The van der Waals surface area contributed by atoms with Crippen molar-refractivity contribution in [1.82, 2.24) is 0 Å². The van der Waals surface area contributed by atoms with E-state index in [1.807, 2.05) is 46.8 Å². The number of rotatable bonds is 5. The number of carbonyl (C=O) groups excluding carboxylic acids is 2. The number of hydrogen-bond acceptors (Lipinski definition) is 3. The van der Waals surface area contributed by atoms with Crippen LogP contribution in [0.4, 0.5) is 0 Å². The fourth-order valence-corrected chi connectivity index (χ4v) is 3.83. The summed E-state index contributed by atoms with van der Waals surface area (Å²) in [6.07, 6.45) is 3.87. The topological polar surface area (TPSA) is 43.4 Å². The van der Waals surface area contributed by atoms with Crippen LogP contribution in [-0.4, -0.2) is 17.9 Å². The number of ether oxygens (including phenoxy) is 1. The number of carbonyl (C=O) groups is 2. The Bertz CT molecular complexity index is 572. The summed E-state index contributed by atoms with van der Waals surface area (Å²) in [7, 11) is 0. The van der Waals surface area contributed by atoms with E-state index in [0.29, 0.717) is 5.56 Å². The van der Waals surface area contributed by atoms with Crippen LogP contribution in [0.25, 0.3) is 0 Å². The Balaban J connectivity index is 2.38. The Morgan fingerprint density at radius 3 is 2.04 bits per heavy atom. The van der Waals surface area contributed by atoms with E-state index in [0.717, 1.165) is 42.4 Å². The molecular weight excluding hydrogens is 288 g/mol. The van der Waals surface area contributed by atoms with Crippen LogP contribution in [0.15, 0.2) is 12.1 Å². The molecule has 0 N–H and O–H groups in total. The van der Waals surface area contributed by atoms with E-state index >= 15 is 0 Å². The third-order valence-corrected chi connectivity index (χ3v) is 4.68. The zero-order chi connectivity index (χ0) is 17.1. The first-order valence-corrected chi connectivity index (χ1v) is 8.63. The van der Waals surface area contributed by atoms with E-state index < -0.39 is 5.92 Å². The Labute approximate surface area is 139 Å². The minimum absolute atomic E-state index is 0.0578. The lowest BCUT2D eigenvalue weighted by atomic mass is 9.81. The van der Waals surface area contributed by atoms with Crippen molar-refractivity contribution < 1.29 is 14.3 Å². The summed E-state index contributed by atoms with van der Waals surface area (Å²) in [6, 6.07) is 4.03. The second kappa shape index (κ2) is 7.29. The molecule has 3 nitrogen and oxygen atoms in total. The Morgan fingerprint density at radius 2 is 1.57 bits per heavy atom. The molecule has 0 aromatic heterocycles. The lowest BCUT2D eigenvalue weighted by molar-refractivity contribution is -0.152. The fraction of sp³-hybridized carbons (Fsp3) is 0.600. The van der Waals surface area contributed by atoms with Gasteiger partial charge in [0, 0.05) is 5.56 Å². The quantitative estimate of drug-likeness (QED) is 0.454. The SMILES string of the molecule is Cc1cc(C)c(C(=O)C(C(=O)OC(C)C)C2CCCC2)c(C)c1. The van der Waals surface area contributed by atoms with E-state index in [1.54, 1.807) is 0 Å². The van der Waals surface area contributed by atoms with E-state index in [4.69, 9.17) is 4.74 Å². The van der Waals surface area contributed by atoms with Crippen LogP contribution in [0.1, 0.15) is 66.6 Å². The molecule has 1 fully saturated rings. The Kier molecular flexibility index (Phi) is 5.61. The molecular formula is C20H28O3. The van der Waals surface area contributed by atoms with Gasteiger partial charge in [-0.05, 0) is 64.5 Å². The van der Waals surface area contributed by atoms with Gasteiger partial charge in [0.1, 0.15) is 5.92 Å². The highest BCUT2D eigenvalue weighted by molar-refractivity contribution is 6.10. The molecule has 0 radical (unpaired) electrons. The summed E-state index contributed by atoms with van der Waals surface area (Å²) in [4.78, 5) is 25.8. The predicted octanol–water partition coefficient (Wildman–Crippen LogP) is 4.55. The van der Waals surface area contributed by atoms with Crippen molar-refractivity contribution in [2.24, 2.45) is 11.8 Å². The van der Waals surface area contributed by atoms with Gasteiger partial charge in [0.25, 0.3) is 0 Å². The molecule has 1 aromatic carbocycles. The number of benzene rings is 1. The average Bonchev–Trinajstić information content (AvgIpc) is 2.90. The molecule has 2 rings (SSSR count). The van der Waals surface area contributed by atoms with Crippen molar-refractivity contribution in [3.63, 3.8) is 0 Å². The van der Waals surface area contributed by atoms with Crippen LogP contribution in [0.5, 0.6) is 0 Å². The third kappa shape index (κ3) is 4.01. The molecule has 23 heavy (non-hydrogen) atoms. The van der Waals surface area contributed by atoms with E-state index in [9.17, 15) is 9.59 Å². The van der Waals surface area contributed by atoms with Crippen LogP contribution >= 0.6 is 0 Å². The largest absolute Gasteiger partial charge is 0.462 e. The van der Waals surface area contributed by atoms with Crippen LogP contribution < -0.4 is 0 Å². The van der Waals surface area contributed by atoms with Crippen LogP contribution in [0.3, 0.4) is 0 Å². The monoisotopic (exact) mass is 316 g/mol. The number of esters is 1. The van der Waals surface area contributed by atoms with Crippen molar-refractivity contribution in [3.8, 4) is 0 Å². The standard InChI is InChI=1S/C20H28O3/c1-12(2)23-20(22)18(16-8-6-7-9-16)19(21)17-14(4)10-13(3)11-15(17)5/h10-12,16,18H,6-9H2,1-5H3. The fourth-order valence-electron chi connectivity index (χ4n) is 3.83. The van der Waals surface area contributed by atoms with Gasteiger partial charge in [-0.25, -0.2) is 0 Å². The molecule has 0 bridgehead atoms. The van der Waals surface area contributed by atoms with Crippen molar-refractivity contribution in [1.29, 1.82) is 0 Å². The molecule has 1 unspecified atom stereocenters. The van der Waals surface area contributed by atoms with Gasteiger partial charge in [-0.2, -0.15) is 0 Å². The lowest BCUT2D eigenvalue weighted by Crippen LogP contribution is -2.34. The molecule has 0 spiro atoms. The summed E-state index contributed by atoms with van der Waals surface area (Å²) in [5.41, 5.74) is 3.74. The summed E-state index contributed by atoms with van der Waals surface area (Å²) < 4.78 is 5.41. The molecule has 1 atom stereocenters. The van der Waals surface area contributed by atoms with Gasteiger partial charge in [-0.3, -0.25) is 9.59 Å². The highest BCUT2D eigenvalue weighted by Gasteiger charge is 2.39. The second-order valence-corrected chi connectivity index (χ2v) is 7.15. The first-order valence-electron chi connectivity index (χ1n) is 8.63. The summed E-state index contributed by atoms with van der Waals surface area (Å²) >= 11 is 0. The van der Waals surface area contributed by atoms with E-state index in [-0.39, 0.29) is 23.8 Å². The zero-order valence-corrected chi connectivity index (χ0v) is 14.9. The average molecular weight is 316 g/mol. The van der Waals surface area contributed by atoms with E-state index in [1.165, 1.54) is 0 Å². The maximum Gasteiger partial charge on any atom is 0.317 e. The molecule has 126 valence electrons. The molecule has 1 aromatic rings. The minimum atomic E-state index is -0.653. The van der Waals surface area contributed by atoms with Gasteiger partial charge in [0.05, 0.1) is 6.10 Å². The van der Waals surface area contributed by atoms with Crippen molar-refractivity contribution in [2.45, 2.75) is 66.4 Å². The van der Waals surface area contributed by atoms with Crippen molar-refractivity contribution in [3.05, 3.63) is 34.4 Å². The zero-order valence-electron chi connectivity index (χ0n) is 14.9. The summed E-state index contributed by atoms with van der Waals surface area (Å²) in [5.74, 6) is -0.942. The lowest BCUT2D eigenvalue weighted by Gasteiger charge is -2.23. The van der Waals surface area contributed by atoms with Gasteiger partial charge >= 0.3 is 5.97 Å². The predicted molar refractivity (Wildman–Crippen MR) is 91.7 cm³/mol. The van der Waals surface area contributed by atoms with Gasteiger partial charge in [-0.1, -0.05) is 30.5 Å². The first-order chi connectivity index (χ1) is 10.8. The van der Waals surface area contributed by atoms with E-state index in [2.05, 4.69) is 0 Å². The first kappa shape index (κ1) is 17.7. The normalized spacial score (nSPS) is 16.6. The van der Waals surface area contributed by atoms with Crippen molar-refractivity contribution >= 4 is 11.8 Å². The molecule has 1 aliphatic carbocycles. The minimum Gasteiger partial charge on any atom is -0.462 e. The van der Waals surface area contributed by atoms with Crippen molar-refractivity contribution in [2.75, 3.05) is 0 Å². The maximum absolute atomic E-state index is 13.2. The molecule has 0 saturated heterocycles. The highest BCUT2D eigenvalue weighted by atomic mass is 16.5. The number of hydrogen-bond donors (Lipinski definition) is 0. The smallest absolute Gasteiger partial charge is 0.317 e. The molecule has 0 amide bonds. The Morgan fingerprint density at radius 1 is 1.04 bits per heavy atom. The van der Waals surface area contributed by atoms with Gasteiger partial charge in [0.2, 0.25) is 0 Å². The molecule has 0 aliphatic heterocycles. The molecule has 1 aliphatic rings. The third-order valence-electron chi connectivity index (χ3n) is 4.68. The number of ketones is 1. The van der Waals surface area contributed by atoms with Crippen LogP contribution in [-0.2, 0) is 9.53 Å². The summed E-state index contributed by atoms with van der Waals surface area (Å²) in [6.45, 7) is 9.59. The van der Waals surface area contributed by atoms with Gasteiger partial charge in [0.15, 0.2) is 5.78 Å². The Hall–Kier alpha value is -1.64. The second-order valence-electron chi connectivity index (χ2n) is 7.15. The molecule has 1 saturated carbocycles. The highest BCUT2D eigenvalue weighted by Crippen LogP contribution is 2.35. The molecule has 0 heterocycles.